The Hall–Kier alpha value is -1.07. The summed E-state index contributed by atoms with van der Waals surface area (Å²) in [6.45, 7) is 2.23. The Bertz CT molecular complexity index is 595. The number of aliphatic hydroxyl groups is 1. The minimum atomic E-state index is -0.903. The van der Waals surface area contributed by atoms with Gasteiger partial charge in [0.2, 0.25) is 0 Å². The molecule has 0 amide bonds. The number of hydrogen-bond acceptors (Lipinski definition) is 2. The van der Waals surface area contributed by atoms with E-state index in [0.717, 1.165) is 51.4 Å². The van der Waals surface area contributed by atoms with Crippen molar-refractivity contribution in [3.8, 4) is 12.3 Å². The number of hydrogen-bond donors (Lipinski definition) is 1. The van der Waals surface area contributed by atoms with Gasteiger partial charge in [0.1, 0.15) is 11.4 Å². The molecule has 0 spiro atoms. The maximum absolute atomic E-state index is 11.7. The van der Waals surface area contributed by atoms with E-state index in [1.807, 2.05) is 0 Å². The highest BCUT2D eigenvalue weighted by atomic mass is 16.3. The molecule has 0 bridgehead atoms. The highest BCUT2D eigenvalue weighted by Gasteiger charge is 2.61. The summed E-state index contributed by atoms with van der Waals surface area (Å²) in [5, 5.41) is 10.9. The van der Waals surface area contributed by atoms with Crippen LogP contribution < -0.4 is 0 Å². The van der Waals surface area contributed by atoms with Crippen molar-refractivity contribution in [3.63, 3.8) is 0 Å². The van der Waals surface area contributed by atoms with Crippen molar-refractivity contribution < 1.29 is 9.90 Å². The van der Waals surface area contributed by atoms with E-state index < -0.39 is 5.60 Å². The van der Waals surface area contributed by atoms with Crippen LogP contribution in [-0.4, -0.2) is 16.5 Å². The first kappa shape index (κ1) is 14.5. The minimum absolute atomic E-state index is 0.106. The fourth-order valence-corrected chi connectivity index (χ4v) is 6.30. The van der Waals surface area contributed by atoms with Crippen LogP contribution in [0.2, 0.25) is 0 Å². The number of ketones is 1. The molecular formula is C20H26O2. The summed E-state index contributed by atoms with van der Waals surface area (Å²) in [6, 6.07) is 0. The number of Topliss-reactive ketones (excluding diaryl/α,β-unsaturated/α-hetero) is 1. The Labute approximate surface area is 133 Å². The van der Waals surface area contributed by atoms with E-state index in [9.17, 15) is 9.90 Å². The standard InChI is InChI=1S/C20H26O2/c1-3-20(22)11-9-18-17-6-4-13-12-14(21)5-7-15(13)16(17)8-10-19(18,20)2/h1,16-18,22H,4-12H2,2H3/t16?,17?,18?,19-,20-/m1/s1. The van der Waals surface area contributed by atoms with E-state index in [0.29, 0.717) is 23.5 Å². The van der Waals surface area contributed by atoms with Crippen molar-refractivity contribution in [1.82, 2.24) is 0 Å². The third-order valence-corrected chi connectivity index (χ3v) is 7.59. The lowest BCUT2D eigenvalue weighted by molar-refractivity contribution is -0.119. The predicted molar refractivity (Wildman–Crippen MR) is 85.9 cm³/mol. The Kier molecular flexibility index (Phi) is 3.11. The molecule has 2 fully saturated rings. The molecule has 22 heavy (non-hydrogen) atoms. The topological polar surface area (TPSA) is 37.3 Å². The number of rotatable bonds is 0. The van der Waals surface area contributed by atoms with Crippen LogP contribution in [0.15, 0.2) is 11.1 Å². The first-order valence-corrected chi connectivity index (χ1v) is 8.91. The van der Waals surface area contributed by atoms with Crippen molar-refractivity contribution in [2.24, 2.45) is 23.2 Å². The molecule has 0 aromatic rings. The van der Waals surface area contributed by atoms with Crippen molar-refractivity contribution in [2.75, 3.05) is 0 Å². The predicted octanol–water partition coefficient (Wildman–Crippen LogP) is 3.64. The lowest BCUT2D eigenvalue weighted by Gasteiger charge is -2.53. The normalized spacial score (nSPS) is 47.5. The molecule has 118 valence electrons. The van der Waals surface area contributed by atoms with Gasteiger partial charge < -0.3 is 5.11 Å². The van der Waals surface area contributed by atoms with Gasteiger partial charge in [-0.15, -0.1) is 6.42 Å². The van der Waals surface area contributed by atoms with Crippen LogP contribution in [0.4, 0.5) is 0 Å². The van der Waals surface area contributed by atoms with Gasteiger partial charge in [0.15, 0.2) is 0 Å². The molecule has 0 aliphatic heterocycles. The van der Waals surface area contributed by atoms with Gasteiger partial charge in [-0.25, -0.2) is 0 Å². The summed E-state index contributed by atoms with van der Waals surface area (Å²) in [6.07, 6.45) is 14.5. The van der Waals surface area contributed by atoms with E-state index in [4.69, 9.17) is 6.42 Å². The number of carbonyl (C=O) groups excluding carboxylic acids is 1. The van der Waals surface area contributed by atoms with Gasteiger partial charge in [-0.2, -0.15) is 0 Å². The Morgan fingerprint density at radius 3 is 2.77 bits per heavy atom. The first-order chi connectivity index (χ1) is 10.5. The summed E-state index contributed by atoms with van der Waals surface area (Å²) < 4.78 is 0. The molecule has 0 aromatic carbocycles. The second-order valence-corrected chi connectivity index (χ2v) is 8.26. The maximum Gasteiger partial charge on any atom is 0.137 e. The summed E-state index contributed by atoms with van der Waals surface area (Å²) in [5.74, 6) is 5.06. The van der Waals surface area contributed by atoms with E-state index in [1.165, 1.54) is 12.0 Å². The quantitative estimate of drug-likeness (QED) is 0.547. The monoisotopic (exact) mass is 298 g/mol. The van der Waals surface area contributed by atoms with Gasteiger partial charge in [0.25, 0.3) is 0 Å². The molecule has 0 aromatic heterocycles. The van der Waals surface area contributed by atoms with Crippen molar-refractivity contribution in [2.45, 2.75) is 70.3 Å². The zero-order valence-corrected chi connectivity index (χ0v) is 13.5. The van der Waals surface area contributed by atoms with Gasteiger partial charge in [-0.1, -0.05) is 24.0 Å². The van der Waals surface area contributed by atoms with E-state index in [1.54, 1.807) is 5.57 Å². The molecule has 4 aliphatic carbocycles. The number of carbonyl (C=O) groups is 1. The summed E-state index contributed by atoms with van der Waals surface area (Å²) >= 11 is 0. The molecule has 5 atom stereocenters. The zero-order valence-electron chi connectivity index (χ0n) is 13.5. The molecule has 1 N–H and O–H groups in total. The second kappa shape index (κ2) is 4.71. The second-order valence-electron chi connectivity index (χ2n) is 8.26. The molecule has 2 nitrogen and oxygen atoms in total. The smallest absolute Gasteiger partial charge is 0.137 e. The largest absolute Gasteiger partial charge is 0.377 e. The Morgan fingerprint density at radius 2 is 2.00 bits per heavy atom. The van der Waals surface area contributed by atoms with Crippen molar-refractivity contribution in [3.05, 3.63) is 11.1 Å². The number of fused-ring (bicyclic) bond motifs is 4. The van der Waals surface area contributed by atoms with Crippen LogP contribution in [0.25, 0.3) is 0 Å². The Morgan fingerprint density at radius 1 is 1.18 bits per heavy atom. The lowest BCUT2D eigenvalue weighted by atomic mass is 9.52. The van der Waals surface area contributed by atoms with E-state index in [-0.39, 0.29) is 5.41 Å². The average molecular weight is 298 g/mol. The summed E-state index contributed by atoms with van der Waals surface area (Å²) in [4.78, 5) is 11.7. The minimum Gasteiger partial charge on any atom is -0.377 e. The molecule has 3 unspecified atom stereocenters. The fraction of sp³-hybridized carbons (Fsp3) is 0.750. The van der Waals surface area contributed by atoms with Crippen LogP contribution >= 0.6 is 0 Å². The van der Waals surface area contributed by atoms with Gasteiger partial charge in [0, 0.05) is 18.3 Å². The molecule has 4 aliphatic rings. The van der Waals surface area contributed by atoms with Crippen molar-refractivity contribution in [1.29, 1.82) is 0 Å². The van der Waals surface area contributed by atoms with Crippen LogP contribution in [0.5, 0.6) is 0 Å². The average Bonchev–Trinajstić information content (AvgIpc) is 2.79. The first-order valence-electron chi connectivity index (χ1n) is 8.91. The molecule has 2 saturated carbocycles. The van der Waals surface area contributed by atoms with Crippen LogP contribution in [0.1, 0.15) is 64.7 Å². The van der Waals surface area contributed by atoms with Crippen LogP contribution in [-0.2, 0) is 4.79 Å². The molecule has 2 heteroatoms. The van der Waals surface area contributed by atoms with E-state index in [2.05, 4.69) is 12.8 Å². The van der Waals surface area contributed by atoms with Gasteiger partial charge >= 0.3 is 0 Å². The highest BCUT2D eigenvalue weighted by molar-refractivity contribution is 5.82. The van der Waals surface area contributed by atoms with Gasteiger partial charge in [0.05, 0.1) is 0 Å². The highest BCUT2D eigenvalue weighted by Crippen LogP contribution is 2.64. The number of terminal acetylenes is 1. The molecule has 0 saturated heterocycles. The van der Waals surface area contributed by atoms with Crippen molar-refractivity contribution >= 4 is 5.78 Å². The molecule has 0 radical (unpaired) electrons. The van der Waals surface area contributed by atoms with Crippen LogP contribution in [0.3, 0.4) is 0 Å². The maximum atomic E-state index is 11.7. The zero-order chi connectivity index (χ0) is 15.5. The number of allylic oxidation sites excluding steroid dienone is 2. The van der Waals surface area contributed by atoms with Gasteiger partial charge in [-0.05, 0) is 62.7 Å². The summed E-state index contributed by atoms with van der Waals surface area (Å²) in [5.41, 5.74) is 2.08. The van der Waals surface area contributed by atoms with Gasteiger partial charge in [-0.3, -0.25) is 4.79 Å². The Balaban J connectivity index is 1.67. The third-order valence-electron chi connectivity index (χ3n) is 7.59. The third kappa shape index (κ3) is 1.75. The molecule has 0 heterocycles. The van der Waals surface area contributed by atoms with E-state index >= 15 is 0 Å². The van der Waals surface area contributed by atoms with Crippen LogP contribution in [0, 0.1) is 35.5 Å². The SMILES string of the molecule is C#C[C@@]1(O)CCC2C3CCC4=C(CCC(=O)C4)C3CC[C@]21C. The molecule has 4 rings (SSSR count). The fourth-order valence-electron chi connectivity index (χ4n) is 6.30. The molecular weight excluding hydrogens is 272 g/mol. The summed E-state index contributed by atoms with van der Waals surface area (Å²) in [7, 11) is 0. The lowest BCUT2D eigenvalue weighted by Crippen LogP contribution is -2.50.